The fourth-order valence-corrected chi connectivity index (χ4v) is 2.78. The number of fused-ring (bicyclic) bond motifs is 1. The summed E-state index contributed by atoms with van der Waals surface area (Å²) in [6, 6.07) is 15.8. The Morgan fingerprint density at radius 2 is 1.92 bits per heavy atom. The molecule has 1 atom stereocenters. The highest BCUT2D eigenvalue weighted by Crippen LogP contribution is 2.26. The van der Waals surface area contributed by atoms with Crippen LogP contribution in [0.3, 0.4) is 0 Å². The van der Waals surface area contributed by atoms with Gasteiger partial charge in [0.2, 0.25) is 0 Å². The first-order valence-electron chi connectivity index (χ1n) is 8.20. The molecule has 0 amide bonds. The number of para-hydroxylation sites is 1. The quantitative estimate of drug-likeness (QED) is 0.584. The first-order valence-corrected chi connectivity index (χ1v) is 8.20. The van der Waals surface area contributed by atoms with E-state index in [1.807, 2.05) is 49.4 Å². The minimum atomic E-state index is -0.0107. The lowest BCUT2D eigenvalue weighted by atomic mass is 10.2. The van der Waals surface area contributed by atoms with E-state index < -0.39 is 0 Å². The van der Waals surface area contributed by atoms with Gasteiger partial charge in [-0.2, -0.15) is 0 Å². The van der Waals surface area contributed by atoms with Crippen LogP contribution in [0.15, 0.2) is 65.3 Å². The van der Waals surface area contributed by atoms with E-state index in [-0.39, 0.29) is 6.04 Å². The summed E-state index contributed by atoms with van der Waals surface area (Å²) in [7, 11) is 0. The van der Waals surface area contributed by atoms with Gasteiger partial charge in [-0.05, 0) is 38.1 Å². The van der Waals surface area contributed by atoms with Gasteiger partial charge >= 0.3 is 0 Å². The molecule has 3 aromatic heterocycles. The minimum Gasteiger partial charge on any atom is -0.459 e. The van der Waals surface area contributed by atoms with E-state index in [0.29, 0.717) is 5.82 Å². The third-order valence-corrected chi connectivity index (χ3v) is 4.01. The highest BCUT2D eigenvalue weighted by atomic mass is 16.3. The zero-order valence-corrected chi connectivity index (χ0v) is 14.1. The van der Waals surface area contributed by atoms with Gasteiger partial charge < -0.3 is 9.73 Å². The normalized spacial score (nSPS) is 12.2. The van der Waals surface area contributed by atoms with Gasteiger partial charge in [-0.25, -0.2) is 9.97 Å². The van der Waals surface area contributed by atoms with Crippen molar-refractivity contribution in [2.45, 2.75) is 19.9 Å². The van der Waals surface area contributed by atoms with E-state index >= 15 is 0 Å². The number of rotatable bonds is 4. The Balaban J connectivity index is 1.62. The van der Waals surface area contributed by atoms with Crippen LogP contribution in [0.4, 0.5) is 5.82 Å². The monoisotopic (exact) mass is 330 g/mol. The molecule has 3 heterocycles. The van der Waals surface area contributed by atoms with Crippen LogP contribution in [0.2, 0.25) is 0 Å². The number of furan rings is 1. The molecule has 5 heteroatoms. The largest absolute Gasteiger partial charge is 0.459 e. The van der Waals surface area contributed by atoms with Crippen molar-refractivity contribution in [2.75, 3.05) is 5.32 Å². The number of nitrogens with one attached hydrogen (secondary N) is 1. The maximum Gasteiger partial charge on any atom is 0.163 e. The van der Waals surface area contributed by atoms with Crippen molar-refractivity contribution >= 4 is 16.8 Å². The third kappa shape index (κ3) is 3.21. The number of aromatic nitrogens is 3. The fourth-order valence-electron chi connectivity index (χ4n) is 2.78. The highest BCUT2D eigenvalue weighted by Gasteiger charge is 2.13. The standard InChI is InChI=1S/C20H18N4O/c1-13-10-19(24-20(22-13)16-7-5-9-21-12-16)23-14(2)18-11-15-6-3-4-8-17(15)25-18/h3-12,14H,1-2H3,(H,22,23,24)/t14-/m1/s1. The Bertz CT molecular complexity index is 978. The summed E-state index contributed by atoms with van der Waals surface area (Å²) < 4.78 is 5.93. The summed E-state index contributed by atoms with van der Waals surface area (Å²) in [5, 5.41) is 4.50. The zero-order valence-electron chi connectivity index (χ0n) is 14.1. The smallest absolute Gasteiger partial charge is 0.163 e. The number of hydrogen-bond donors (Lipinski definition) is 1. The molecule has 0 aliphatic heterocycles. The second-order valence-electron chi connectivity index (χ2n) is 6.01. The molecule has 4 rings (SSSR count). The van der Waals surface area contributed by atoms with Crippen LogP contribution >= 0.6 is 0 Å². The van der Waals surface area contributed by atoms with E-state index in [2.05, 4.69) is 33.3 Å². The second kappa shape index (κ2) is 6.36. The molecule has 0 bridgehead atoms. The van der Waals surface area contributed by atoms with Crippen LogP contribution in [0.5, 0.6) is 0 Å². The summed E-state index contributed by atoms with van der Waals surface area (Å²) in [6.07, 6.45) is 3.50. The van der Waals surface area contributed by atoms with Gasteiger partial charge in [0.15, 0.2) is 5.82 Å². The molecule has 0 aliphatic carbocycles. The molecule has 1 N–H and O–H groups in total. The highest BCUT2D eigenvalue weighted by molar-refractivity contribution is 5.77. The van der Waals surface area contributed by atoms with Crippen LogP contribution in [0, 0.1) is 6.92 Å². The topological polar surface area (TPSA) is 63.8 Å². The molecular weight excluding hydrogens is 312 g/mol. The number of nitrogens with zero attached hydrogens (tertiary/aromatic N) is 3. The predicted octanol–water partition coefficient (Wildman–Crippen LogP) is 4.77. The molecule has 124 valence electrons. The van der Waals surface area contributed by atoms with Crippen molar-refractivity contribution in [2.24, 2.45) is 0 Å². The number of hydrogen-bond acceptors (Lipinski definition) is 5. The SMILES string of the molecule is Cc1cc(N[C@H](C)c2cc3ccccc3o2)nc(-c2cccnc2)n1. The molecule has 0 spiro atoms. The lowest BCUT2D eigenvalue weighted by molar-refractivity contribution is 0.525. The van der Waals surface area contributed by atoms with Gasteiger partial charge in [0.05, 0.1) is 6.04 Å². The fraction of sp³-hybridized carbons (Fsp3) is 0.150. The van der Waals surface area contributed by atoms with E-state index in [1.54, 1.807) is 12.4 Å². The lowest BCUT2D eigenvalue weighted by Gasteiger charge is -2.13. The van der Waals surface area contributed by atoms with E-state index in [9.17, 15) is 0 Å². The molecule has 0 radical (unpaired) electrons. The average Bonchev–Trinajstić information content (AvgIpc) is 3.06. The maximum atomic E-state index is 5.93. The molecule has 0 saturated carbocycles. The Labute approximate surface area is 145 Å². The lowest BCUT2D eigenvalue weighted by Crippen LogP contribution is -2.08. The first-order chi connectivity index (χ1) is 12.2. The van der Waals surface area contributed by atoms with Crippen molar-refractivity contribution < 1.29 is 4.42 Å². The van der Waals surface area contributed by atoms with Crippen LogP contribution in [0.1, 0.15) is 24.4 Å². The van der Waals surface area contributed by atoms with Gasteiger partial charge in [-0.15, -0.1) is 0 Å². The second-order valence-corrected chi connectivity index (χ2v) is 6.01. The third-order valence-electron chi connectivity index (χ3n) is 4.01. The van der Waals surface area contributed by atoms with Crippen LogP contribution in [-0.2, 0) is 0 Å². The van der Waals surface area contributed by atoms with Gasteiger partial charge in [0, 0.05) is 35.1 Å². The molecule has 5 nitrogen and oxygen atoms in total. The average molecular weight is 330 g/mol. The molecule has 1 aromatic carbocycles. The molecule has 0 unspecified atom stereocenters. The van der Waals surface area contributed by atoms with Crippen LogP contribution in [0.25, 0.3) is 22.4 Å². The Hall–Kier alpha value is -3.21. The molecule has 4 aromatic rings. The van der Waals surface area contributed by atoms with E-state index in [0.717, 1.165) is 33.8 Å². The van der Waals surface area contributed by atoms with E-state index in [4.69, 9.17) is 4.42 Å². The number of benzene rings is 1. The van der Waals surface area contributed by atoms with Gasteiger partial charge in [0.1, 0.15) is 17.2 Å². The summed E-state index contributed by atoms with van der Waals surface area (Å²) in [5.74, 6) is 2.30. The summed E-state index contributed by atoms with van der Waals surface area (Å²) >= 11 is 0. The Kier molecular flexibility index (Phi) is 3.90. The number of aryl methyl sites for hydroxylation is 1. The molecular formula is C20H18N4O. The van der Waals surface area contributed by atoms with Gasteiger partial charge in [-0.1, -0.05) is 18.2 Å². The first kappa shape index (κ1) is 15.3. The summed E-state index contributed by atoms with van der Waals surface area (Å²) in [4.78, 5) is 13.3. The summed E-state index contributed by atoms with van der Waals surface area (Å²) in [5.41, 5.74) is 2.68. The molecule has 0 saturated heterocycles. The van der Waals surface area contributed by atoms with Crippen molar-refractivity contribution in [1.29, 1.82) is 0 Å². The van der Waals surface area contributed by atoms with E-state index in [1.165, 1.54) is 0 Å². The van der Waals surface area contributed by atoms with Crippen molar-refractivity contribution in [1.82, 2.24) is 15.0 Å². The van der Waals surface area contributed by atoms with Crippen molar-refractivity contribution in [3.63, 3.8) is 0 Å². The molecule has 0 fully saturated rings. The van der Waals surface area contributed by atoms with Gasteiger partial charge in [0.25, 0.3) is 0 Å². The Morgan fingerprint density at radius 1 is 1.04 bits per heavy atom. The Morgan fingerprint density at radius 3 is 2.72 bits per heavy atom. The zero-order chi connectivity index (χ0) is 17.2. The van der Waals surface area contributed by atoms with Gasteiger partial charge in [-0.3, -0.25) is 4.98 Å². The van der Waals surface area contributed by atoms with Crippen LogP contribution in [-0.4, -0.2) is 15.0 Å². The summed E-state index contributed by atoms with van der Waals surface area (Å²) in [6.45, 7) is 4.01. The number of pyridine rings is 1. The predicted molar refractivity (Wildman–Crippen MR) is 98.3 cm³/mol. The number of anilines is 1. The molecule has 0 aliphatic rings. The maximum absolute atomic E-state index is 5.93. The van der Waals surface area contributed by atoms with Crippen LogP contribution < -0.4 is 5.32 Å². The molecule has 25 heavy (non-hydrogen) atoms. The minimum absolute atomic E-state index is 0.0107. The van der Waals surface area contributed by atoms with Crippen molar-refractivity contribution in [3.05, 3.63) is 72.4 Å². The van der Waals surface area contributed by atoms with Crippen molar-refractivity contribution in [3.8, 4) is 11.4 Å².